The molecule has 0 saturated carbocycles. The van der Waals surface area contributed by atoms with Gasteiger partial charge in [0.2, 0.25) is 0 Å². The summed E-state index contributed by atoms with van der Waals surface area (Å²) in [5.41, 5.74) is 0.371. The monoisotopic (exact) mass is 444 g/mol. The van der Waals surface area contributed by atoms with Crippen molar-refractivity contribution >= 4 is 18.2 Å². The van der Waals surface area contributed by atoms with Crippen molar-refractivity contribution in [1.29, 1.82) is 0 Å². The molecule has 172 valence electrons. The van der Waals surface area contributed by atoms with Gasteiger partial charge in [-0.15, -0.1) is 0 Å². The summed E-state index contributed by atoms with van der Waals surface area (Å²) in [5.74, 6) is -0.814. The molecule has 0 heterocycles. The maximum absolute atomic E-state index is 12.4. The zero-order valence-corrected chi connectivity index (χ0v) is 18.5. The van der Waals surface area contributed by atoms with Crippen LogP contribution < -0.4 is 15.4 Å². The van der Waals surface area contributed by atoms with Gasteiger partial charge in [-0.1, -0.05) is 42.5 Å². The van der Waals surface area contributed by atoms with Gasteiger partial charge in [0, 0.05) is 0 Å². The summed E-state index contributed by atoms with van der Waals surface area (Å²) < 4.78 is 15.5. The molecule has 0 fully saturated rings. The number of carboxylic acid groups (broad SMARTS) is 1. The van der Waals surface area contributed by atoms with Gasteiger partial charge < -0.3 is 30.0 Å². The minimum absolute atomic E-state index is 0.0360. The number of hydrogen-bond donors (Lipinski definition) is 3. The summed E-state index contributed by atoms with van der Waals surface area (Å²) in [6.07, 6.45) is -1.77. The van der Waals surface area contributed by atoms with Gasteiger partial charge in [-0.25, -0.2) is 14.4 Å². The fraction of sp³-hybridized carbons (Fsp3) is 0.348. The maximum Gasteiger partial charge on any atom is 0.408 e. The van der Waals surface area contributed by atoms with E-state index in [2.05, 4.69) is 10.6 Å². The molecule has 0 unspecified atom stereocenters. The number of carboxylic acids is 1. The number of benzene rings is 2. The smallest absolute Gasteiger partial charge is 0.408 e. The Kier molecular flexibility index (Phi) is 8.46. The maximum atomic E-state index is 12.4. The number of hydrogen-bond acceptors (Lipinski definition) is 6. The Bertz CT molecular complexity index is 908. The van der Waals surface area contributed by atoms with Gasteiger partial charge in [-0.05, 0) is 44.0 Å². The third kappa shape index (κ3) is 7.82. The number of carbonyl (C=O) groups excluding carboxylic acids is 2. The zero-order chi connectivity index (χ0) is 23.7. The van der Waals surface area contributed by atoms with E-state index in [1.54, 1.807) is 69.3 Å². The molecule has 2 rings (SSSR count). The van der Waals surface area contributed by atoms with E-state index >= 15 is 0 Å². The minimum Gasteiger partial charge on any atom is -0.497 e. The minimum atomic E-state index is -1.53. The molecule has 0 aliphatic heterocycles. The summed E-state index contributed by atoms with van der Waals surface area (Å²) >= 11 is 0. The third-order valence-corrected chi connectivity index (χ3v) is 4.23. The molecule has 9 nitrogen and oxygen atoms in total. The fourth-order valence-corrected chi connectivity index (χ4v) is 2.78. The van der Waals surface area contributed by atoms with Crippen molar-refractivity contribution in [3.05, 3.63) is 65.7 Å². The van der Waals surface area contributed by atoms with E-state index in [4.69, 9.17) is 14.2 Å². The van der Waals surface area contributed by atoms with Crippen molar-refractivity contribution in [2.45, 2.75) is 45.1 Å². The first-order valence-corrected chi connectivity index (χ1v) is 9.92. The molecule has 0 aromatic heterocycles. The second-order valence-electron chi connectivity index (χ2n) is 7.92. The predicted molar refractivity (Wildman–Crippen MR) is 116 cm³/mol. The molecule has 0 aliphatic carbocycles. The molecule has 2 aromatic carbocycles. The van der Waals surface area contributed by atoms with Crippen molar-refractivity contribution in [1.82, 2.24) is 10.6 Å². The quantitative estimate of drug-likeness (QED) is 0.568. The lowest BCUT2D eigenvalue weighted by Crippen LogP contribution is -2.51. The van der Waals surface area contributed by atoms with Gasteiger partial charge in [0.1, 0.15) is 18.0 Å². The summed E-state index contributed by atoms with van der Waals surface area (Å²) in [6.45, 7) is 5.01. The number of nitrogens with one attached hydrogen (secondary N) is 2. The van der Waals surface area contributed by atoms with E-state index in [1.807, 2.05) is 6.07 Å². The van der Waals surface area contributed by atoms with E-state index in [0.29, 0.717) is 11.3 Å². The molecule has 2 atom stereocenters. The standard InChI is InChI=1S/C23H28N2O7/c1-23(2,3)32-22(29)24-18(16-10-12-17(30-4)13-11-16)19(20(26)27)25-21(28)31-14-15-8-6-5-7-9-15/h5-13,18-19H,14H2,1-4H3,(H,24,29)(H,25,28)(H,26,27)/t18-,19+/m0/s1. The van der Waals surface area contributed by atoms with Gasteiger partial charge >= 0.3 is 18.2 Å². The van der Waals surface area contributed by atoms with E-state index in [-0.39, 0.29) is 6.61 Å². The average molecular weight is 444 g/mol. The van der Waals surface area contributed by atoms with E-state index in [1.165, 1.54) is 7.11 Å². The van der Waals surface area contributed by atoms with Crippen LogP contribution in [0.15, 0.2) is 54.6 Å². The largest absolute Gasteiger partial charge is 0.497 e. The lowest BCUT2D eigenvalue weighted by Gasteiger charge is -2.28. The predicted octanol–water partition coefficient (Wildman–Crippen LogP) is 3.64. The number of rotatable bonds is 8. The Morgan fingerprint density at radius 1 is 0.938 bits per heavy atom. The zero-order valence-electron chi connectivity index (χ0n) is 18.5. The Hall–Kier alpha value is -3.75. The van der Waals surface area contributed by atoms with Gasteiger partial charge in [-0.2, -0.15) is 0 Å². The highest BCUT2D eigenvalue weighted by Gasteiger charge is 2.34. The first kappa shape index (κ1) is 24.5. The van der Waals surface area contributed by atoms with Crippen LogP contribution in [0.1, 0.15) is 37.9 Å². The fourth-order valence-electron chi connectivity index (χ4n) is 2.78. The van der Waals surface area contributed by atoms with Crippen LogP contribution in [-0.2, 0) is 20.9 Å². The Labute approximate surface area is 186 Å². The van der Waals surface area contributed by atoms with Crippen LogP contribution in [0.4, 0.5) is 9.59 Å². The topological polar surface area (TPSA) is 123 Å². The van der Waals surface area contributed by atoms with Crippen LogP contribution in [0.3, 0.4) is 0 Å². The van der Waals surface area contributed by atoms with Crippen molar-refractivity contribution in [3.8, 4) is 5.75 Å². The van der Waals surface area contributed by atoms with Gasteiger partial charge in [0.15, 0.2) is 6.04 Å². The van der Waals surface area contributed by atoms with Crippen LogP contribution in [0.5, 0.6) is 5.75 Å². The van der Waals surface area contributed by atoms with E-state index < -0.39 is 35.8 Å². The molecule has 32 heavy (non-hydrogen) atoms. The highest BCUT2D eigenvalue weighted by Crippen LogP contribution is 2.22. The SMILES string of the molecule is COc1ccc([C@H](NC(=O)OC(C)(C)C)[C@@H](NC(=O)OCc2ccccc2)C(=O)O)cc1. The first-order valence-electron chi connectivity index (χ1n) is 9.92. The number of ether oxygens (including phenoxy) is 3. The van der Waals surface area contributed by atoms with E-state index in [9.17, 15) is 19.5 Å². The number of carbonyl (C=O) groups is 3. The molecule has 3 N–H and O–H groups in total. The highest BCUT2D eigenvalue weighted by molar-refractivity contribution is 5.82. The van der Waals surface area contributed by atoms with Crippen molar-refractivity contribution in [2.75, 3.05) is 7.11 Å². The number of alkyl carbamates (subject to hydrolysis) is 2. The van der Waals surface area contributed by atoms with Crippen LogP contribution in [0, 0.1) is 0 Å². The second-order valence-corrected chi connectivity index (χ2v) is 7.92. The van der Waals surface area contributed by atoms with Gasteiger partial charge in [-0.3, -0.25) is 0 Å². The van der Waals surface area contributed by atoms with Crippen molar-refractivity contribution < 1.29 is 33.7 Å². The Morgan fingerprint density at radius 3 is 2.09 bits per heavy atom. The molecule has 0 bridgehead atoms. The highest BCUT2D eigenvalue weighted by atomic mass is 16.6. The summed E-state index contributed by atoms with van der Waals surface area (Å²) in [4.78, 5) is 36.7. The molecular formula is C23H28N2O7. The molecule has 9 heteroatoms. The number of amides is 2. The molecule has 2 amide bonds. The van der Waals surface area contributed by atoms with Gasteiger partial charge in [0.25, 0.3) is 0 Å². The van der Waals surface area contributed by atoms with Crippen LogP contribution in [-0.4, -0.2) is 42.0 Å². The van der Waals surface area contributed by atoms with Crippen LogP contribution in [0.25, 0.3) is 0 Å². The number of aliphatic carboxylic acids is 1. The summed E-state index contributed by atoms with van der Waals surface area (Å²) in [7, 11) is 1.50. The van der Waals surface area contributed by atoms with Gasteiger partial charge in [0.05, 0.1) is 13.2 Å². The van der Waals surface area contributed by atoms with Crippen molar-refractivity contribution in [3.63, 3.8) is 0 Å². The van der Waals surface area contributed by atoms with E-state index in [0.717, 1.165) is 5.56 Å². The number of methoxy groups -OCH3 is 1. The van der Waals surface area contributed by atoms with Crippen LogP contribution in [0.2, 0.25) is 0 Å². The summed E-state index contributed by atoms with van der Waals surface area (Å²) in [6, 6.07) is 12.7. The van der Waals surface area contributed by atoms with Crippen molar-refractivity contribution in [2.24, 2.45) is 0 Å². The summed E-state index contributed by atoms with van der Waals surface area (Å²) in [5, 5.41) is 14.7. The Balaban J connectivity index is 2.21. The molecule has 2 aromatic rings. The molecule has 0 spiro atoms. The second kappa shape index (κ2) is 11.0. The molecular weight excluding hydrogens is 416 g/mol. The lowest BCUT2D eigenvalue weighted by molar-refractivity contribution is -0.140. The molecule has 0 aliphatic rings. The normalized spacial score (nSPS) is 12.8. The first-order chi connectivity index (χ1) is 15.1. The third-order valence-electron chi connectivity index (χ3n) is 4.23. The molecule has 0 saturated heterocycles. The lowest BCUT2D eigenvalue weighted by atomic mass is 9.99. The molecule has 0 radical (unpaired) electrons. The average Bonchev–Trinajstić information content (AvgIpc) is 2.74. The van der Waals surface area contributed by atoms with Crippen LogP contribution >= 0.6 is 0 Å². The Morgan fingerprint density at radius 2 is 1.56 bits per heavy atom.